The Bertz CT molecular complexity index is 519. The number of amides is 1. The third-order valence-corrected chi connectivity index (χ3v) is 3.76. The largest absolute Gasteiger partial charge is 0.444 e. The van der Waals surface area contributed by atoms with E-state index in [0.717, 1.165) is 18.4 Å². The van der Waals surface area contributed by atoms with Gasteiger partial charge < -0.3 is 14.7 Å². The highest BCUT2D eigenvalue weighted by molar-refractivity contribution is 5.69. The van der Waals surface area contributed by atoms with Crippen LogP contribution in [0.2, 0.25) is 0 Å². The molecular weight excluding hydrogens is 266 g/mol. The zero-order valence-electron chi connectivity index (χ0n) is 13.3. The first kappa shape index (κ1) is 15.8. The first-order valence-corrected chi connectivity index (χ1v) is 7.58. The topological polar surface area (TPSA) is 49.8 Å². The predicted molar refractivity (Wildman–Crippen MR) is 82.0 cm³/mol. The average Bonchev–Trinajstić information content (AvgIpc) is 2.43. The second kappa shape index (κ2) is 6.06. The molecule has 1 atom stereocenters. The average molecular weight is 291 g/mol. The van der Waals surface area contributed by atoms with E-state index < -0.39 is 5.60 Å². The second-order valence-corrected chi connectivity index (χ2v) is 6.54. The number of hydrogen-bond donors (Lipinski definition) is 1. The molecule has 21 heavy (non-hydrogen) atoms. The number of fused-ring (bicyclic) bond motifs is 1. The smallest absolute Gasteiger partial charge is 0.410 e. The van der Waals surface area contributed by atoms with E-state index in [1.54, 1.807) is 0 Å². The molecule has 0 saturated heterocycles. The van der Waals surface area contributed by atoms with Crippen LogP contribution < -0.4 is 0 Å². The first-order valence-electron chi connectivity index (χ1n) is 7.58. The van der Waals surface area contributed by atoms with Crippen molar-refractivity contribution in [1.29, 1.82) is 0 Å². The van der Waals surface area contributed by atoms with Crippen LogP contribution in [0.3, 0.4) is 0 Å². The van der Waals surface area contributed by atoms with Crippen molar-refractivity contribution >= 4 is 6.09 Å². The minimum atomic E-state index is -0.476. The van der Waals surface area contributed by atoms with Crippen molar-refractivity contribution in [1.82, 2.24) is 4.90 Å². The maximum absolute atomic E-state index is 12.4. The maximum Gasteiger partial charge on any atom is 0.410 e. The van der Waals surface area contributed by atoms with Crippen LogP contribution in [0, 0.1) is 0 Å². The second-order valence-electron chi connectivity index (χ2n) is 6.54. The normalized spacial score (nSPS) is 18.3. The van der Waals surface area contributed by atoms with Gasteiger partial charge in [-0.3, -0.25) is 0 Å². The minimum absolute atomic E-state index is 0.0522. The SMILES string of the molecule is CCC1c2ccc(CO)cc2CCN1C(=O)OC(C)(C)C. The molecule has 0 spiro atoms. The predicted octanol–water partition coefficient (Wildman–Crippen LogP) is 3.42. The fourth-order valence-corrected chi connectivity index (χ4v) is 2.84. The third-order valence-electron chi connectivity index (χ3n) is 3.76. The van der Waals surface area contributed by atoms with Gasteiger partial charge in [0.05, 0.1) is 12.6 Å². The van der Waals surface area contributed by atoms with Gasteiger partial charge in [0.2, 0.25) is 0 Å². The number of benzene rings is 1. The molecule has 0 radical (unpaired) electrons. The molecule has 4 nitrogen and oxygen atoms in total. The van der Waals surface area contributed by atoms with Crippen LogP contribution in [0.1, 0.15) is 56.8 Å². The monoisotopic (exact) mass is 291 g/mol. The lowest BCUT2D eigenvalue weighted by Crippen LogP contribution is -2.42. The Morgan fingerprint density at radius 3 is 2.71 bits per heavy atom. The van der Waals surface area contributed by atoms with Gasteiger partial charge in [0.1, 0.15) is 5.60 Å². The van der Waals surface area contributed by atoms with Gasteiger partial charge in [-0.25, -0.2) is 4.79 Å². The summed E-state index contributed by atoms with van der Waals surface area (Å²) in [6.45, 7) is 8.46. The number of nitrogens with zero attached hydrogens (tertiary/aromatic N) is 1. The van der Waals surface area contributed by atoms with Crippen LogP contribution in [0.4, 0.5) is 4.79 Å². The summed E-state index contributed by atoms with van der Waals surface area (Å²) in [6, 6.07) is 6.06. The number of ether oxygens (including phenoxy) is 1. The quantitative estimate of drug-likeness (QED) is 0.908. The summed E-state index contributed by atoms with van der Waals surface area (Å²) in [5, 5.41) is 9.25. The van der Waals surface area contributed by atoms with E-state index in [-0.39, 0.29) is 18.7 Å². The molecule has 1 heterocycles. The molecule has 1 amide bonds. The van der Waals surface area contributed by atoms with Crippen molar-refractivity contribution in [3.63, 3.8) is 0 Å². The van der Waals surface area contributed by atoms with Gasteiger partial charge in [0.25, 0.3) is 0 Å². The molecular formula is C17H25NO3. The first-order chi connectivity index (χ1) is 9.85. The highest BCUT2D eigenvalue weighted by atomic mass is 16.6. The van der Waals surface area contributed by atoms with Crippen molar-refractivity contribution in [3.8, 4) is 0 Å². The Morgan fingerprint density at radius 1 is 1.43 bits per heavy atom. The fourth-order valence-electron chi connectivity index (χ4n) is 2.84. The zero-order valence-corrected chi connectivity index (χ0v) is 13.3. The third kappa shape index (κ3) is 3.56. The Morgan fingerprint density at radius 2 is 2.14 bits per heavy atom. The molecule has 1 aromatic rings. The van der Waals surface area contributed by atoms with E-state index >= 15 is 0 Å². The van der Waals surface area contributed by atoms with E-state index in [1.807, 2.05) is 43.9 Å². The van der Waals surface area contributed by atoms with E-state index in [9.17, 15) is 9.90 Å². The van der Waals surface area contributed by atoms with Crippen LogP contribution in [0.5, 0.6) is 0 Å². The summed E-state index contributed by atoms with van der Waals surface area (Å²) in [7, 11) is 0. The molecule has 0 fully saturated rings. The number of rotatable bonds is 2. The zero-order chi connectivity index (χ0) is 15.6. The van der Waals surface area contributed by atoms with Crippen molar-refractivity contribution in [3.05, 3.63) is 34.9 Å². The van der Waals surface area contributed by atoms with Crippen LogP contribution >= 0.6 is 0 Å². The van der Waals surface area contributed by atoms with Crippen LogP contribution in [-0.4, -0.2) is 28.2 Å². The Hall–Kier alpha value is -1.55. The summed E-state index contributed by atoms with van der Waals surface area (Å²) < 4.78 is 5.52. The van der Waals surface area contributed by atoms with E-state index in [2.05, 4.69) is 6.92 Å². The summed E-state index contributed by atoms with van der Waals surface area (Å²) in [6.07, 6.45) is 1.41. The minimum Gasteiger partial charge on any atom is -0.444 e. The van der Waals surface area contributed by atoms with Crippen LogP contribution in [0.25, 0.3) is 0 Å². The number of carbonyl (C=O) groups is 1. The van der Waals surface area contributed by atoms with Gasteiger partial charge >= 0.3 is 6.09 Å². The van der Waals surface area contributed by atoms with Gasteiger partial charge in [-0.1, -0.05) is 25.1 Å². The summed E-state index contributed by atoms with van der Waals surface area (Å²) in [5.74, 6) is 0. The molecule has 1 aliphatic rings. The standard InChI is InChI=1S/C17H25NO3/c1-5-15-14-7-6-12(11-19)10-13(14)8-9-18(15)16(20)21-17(2,3)4/h6-7,10,15,19H,5,8-9,11H2,1-4H3. The molecule has 1 N–H and O–H groups in total. The van der Waals surface area contributed by atoms with E-state index in [0.29, 0.717) is 6.54 Å². The maximum atomic E-state index is 12.4. The van der Waals surface area contributed by atoms with Gasteiger partial charge in [-0.15, -0.1) is 0 Å². The number of aliphatic hydroxyl groups is 1. The molecule has 1 aliphatic heterocycles. The molecule has 2 rings (SSSR count). The Balaban J connectivity index is 2.25. The Kier molecular flexibility index (Phi) is 4.57. The molecule has 4 heteroatoms. The molecule has 0 saturated carbocycles. The van der Waals surface area contributed by atoms with Crippen molar-refractivity contribution in [2.45, 2.75) is 58.8 Å². The summed E-state index contributed by atoms with van der Waals surface area (Å²) >= 11 is 0. The summed E-state index contributed by atoms with van der Waals surface area (Å²) in [5.41, 5.74) is 2.85. The fraction of sp³-hybridized carbons (Fsp3) is 0.588. The number of aliphatic hydroxyl groups excluding tert-OH is 1. The van der Waals surface area contributed by atoms with E-state index in [4.69, 9.17) is 4.74 Å². The van der Waals surface area contributed by atoms with Crippen LogP contribution in [0.15, 0.2) is 18.2 Å². The van der Waals surface area contributed by atoms with Crippen molar-refractivity contribution in [2.75, 3.05) is 6.54 Å². The lowest BCUT2D eigenvalue weighted by atomic mass is 9.90. The van der Waals surface area contributed by atoms with Crippen molar-refractivity contribution < 1.29 is 14.6 Å². The number of carbonyl (C=O) groups excluding carboxylic acids is 1. The molecule has 116 valence electrons. The molecule has 0 aliphatic carbocycles. The lowest BCUT2D eigenvalue weighted by molar-refractivity contribution is 0.0137. The molecule has 0 bridgehead atoms. The highest BCUT2D eigenvalue weighted by Crippen LogP contribution is 2.33. The summed E-state index contributed by atoms with van der Waals surface area (Å²) in [4.78, 5) is 14.2. The van der Waals surface area contributed by atoms with Gasteiger partial charge in [0.15, 0.2) is 0 Å². The van der Waals surface area contributed by atoms with E-state index in [1.165, 1.54) is 11.1 Å². The molecule has 0 aromatic heterocycles. The number of hydrogen-bond acceptors (Lipinski definition) is 3. The van der Waals surface area contributed by atoms with Crippen LogP contribution in [-0.2, 0) is 17.8 Å². The van der Waals surface area contributed by atoms with Gasteiger partial charge in [-0.2, -0.15) is 0 Å². The lowest BCUT2D eigenvalue weighted by Gasteiger charge is -2.38. The Labute approximate surface area is 126 Å². The van der Waals surface area contributed by atoms with Gasteiger partial charge in [-0.05, 0) is 50.3 Å². The van der Waals surface area contributed by atoms with Crippen molar-refractivity contribution in [2.24, 2.45) is 0 Å². The molecule has 1 aromatic carbocycles. The van der Waals surface area contributed by atoms with Gasteiger partial charge in [0, 0.05) is 6.54 Å². The molecule has 1 unspecified atom stereocenters. The highest BCUT2D eigenvalue weighted by Gasteiger charge is 2.32.